The summed E-state index contributed by atoms with van der Waals surface area (Å²) in [5, 5.41) is 7.83. The highest BCUT2D eigenvalue weighted by Gasteiger charge is 2.28. The number of amidine groups is 1. The predicted octanol–water partition coefficient (Wildman–Crippen LogP) is 2.64. The van der Waals surface area contributed by atoms with Gasteiger partial charge in [0.15, 0.2) is 0 Å². The molecule has 1 aliphatic heterocycles. The van der Waals surface area contributed by atoms with Crippen LogP contribution in [-0.4, -0.2) is 23.3 Å². The first kappa shape index (κ1) is 9.04. The molecule has 1 saturated carbocycles. The van der Waals surface area contributed by atoms with E-state index in [4.69, 9.17) is 5.41 Å². The van der Waals surface area contributed by atoms with Crippen molar-refractivity contribution >= 4 is 5.84 Å². The maximum atomic E-state index is 7.83. The van der Waals surface area contributed by atoms with Gasteiger partial charge in [-0.3, -0.25) is 5.41 Å². The van der Waals surface area contributed by atoms with E-state index in [-0.39, 0.29) is 0 Å². The van der Waals surface area contributed by atoms with Gasteiger partial charge in [0, 0.05) is 19.0 Å². The van der Waals surface area contributed by atoms with Gasteiger partial charge in [-0.05, 0) is 25.2 Å². The molecule has 0 aromatic carbocycles. The molecule has 2 nitrogen and oxygen atoms in total. The van der Waals surface area contributed by atoms with Crippen LogP contribution in [0.1, 0.15) is 45.4 Å². The van der Waals surface area contributed by atoms with E-state index in [2.05, 4.69) is 11.8 Å². The standard InChI is InChI=1S/C11H20N2/c1-9-4-2-5-10(8-9)13-7-3-6-11(13)12/h9-10,12H,2-8H2,1H3. The van der Waals surface area contributed by atoms with E-state index in [9.17, 15) is 0 Å². The fraction of sp³-hybridized carbons (Fsp3) is 0.909. The van der Waals surface area contributed by atoms with Crippen LogP contribution in [-0.2, 0) is 0 Å². The largest absolute Gasteiger partial charge is 0.358 e. The van der Waals surface area contributed by atoms with E-state index >= 15 is 0 Å². The zero-order valence-corrected chi connectivity index (χ0v) is 8.55. The molecule has 0 aromatic rings. The summed E-state index contributed by atoms with van der Waals surface area (Å²) in [6.45, 7) is 3.50. The number of hydrogen-bond acceptors (Lipinski definition) is 1. The molecular formula is C11H20N2. The Morgan fingerprint density at radius 3 is 2.77 bits per heavy atom. The van der Waals surface area contributed by atoms with Crippen LogP contribution in [0.25, 0.3) is 0 Å². The van der Waals surface area contributed by atoms with Crippen molar-refractivity contribution in [3.05, 3.63) is 0 Å². The lowest BCUT2D eigenvalue weighted by Crippen LogP contribution is -2.38. The predicted molar refractivity (Wildman–Crippen MR) is 55.1 cm³/mol. The average Bonchev–Trinajstić information content (AvgIpc) is 2.51. The highest BCUT2D eigenvalue weighted by Crippen LogP contribution is 2.29. The highest BCUT2D eigenvalue weighted by molar-refractivity contribution is 5.81. The highest BCUT2D eigenvalue weighted by atomic mass is 15.2. The van der Waals surface area contributed by atoms with Gasteiger partial charge in [0.25, 0.3) is 0 Å². The van der Waals surface area contributed by atoms with E-state index in [0.29, 0.717) is 6.04 Å². The molecule has 0 spiro atoms. The lowest BCUT2D eigenvalue weighted by atomic mass is 9.86. The Bertz CT molecular complexity index is 200. The van der Waals surface area contributed by atoms with Crippen LogP contribution < -0.4 is 0 Å². The second-order valence-electron chi connectivity index (χ2n) is 4.67. The van der Waals surface area contributed by atoms with Crippen LogP contribution in [0.2, 0.25) is 0 Å². The maximum Gasteiger partial charge on any atom is 0.0960 e. The van der Waals surface area contributed by atoms with Gasteiger partial charge in [-0.25, -0.2) is 0 Å². The monoisotopic (exact) mass is 180 g/mol. The number of rotatable bonds is 1. The van der Waals surface area contributed by atoms with Crippen molar-refractivity contribution in [1.82, 2.24) is 4.90 Å². The number of hydrogen-bond donors (Lipinski definition) is 1. The minimum Gasteiger partial charge on any atom is -0.358 e. The number of likely N-dealkylation sites (tertiary alicyclic amines) is 1. The molecule has 2 aliphatic rings. The summed E-state index contributed by atoms with van der Waals surface area (Å²) < 4.78 is 0. The van der Waals surface area contributed by atoms with Crippen LogP contribution in [0.3, 0.4) is 0 Å². The fourth-order valence-electron chi connectivity index (χ4n) is 2.78. The second-order valence-corrected chi connectivity index (χ2v) is 4.67. The molecule has 2 fully saturated rings. The zero-order valence-electron chi connectivity index (χ0n) is 8.55. The van der Waals surface area contributed by atoms with E-state index < -0.39 is 0 Å². The van der Waals surface area contributed by atoms with Crippen molar-refractivity contribution in [3.63, 3.8) is 0 Å². The molecule has 0 bridgehead atoms. The molecule has 1 aliphatic carbocycles. The van der Waals surface area contributed by atoms with Crippen molar-refractivity contribution in [1.29, 1.82) is 5.41 Å². The van der Waals surface area contributed by atoms with Gasteiger partial charge in [0.1, 0.15) is 0 Å². The second kappa shape index (κ2) is 3.69. The van der Waals surface area contributed by atoms with Crippen LogP contribution in [0.15, 0.2) is 0 Å². The topological polar surface area (TPSA) is 27.1 Å². The molecule has 0 radical (unpaired) electrons. The minimum atomic E-state index is 0.707. The Kier molecular flexibility index (Phi) is 2.56. The summed E-state index contributed by atoms with van der Waals surface area (Å²) >= 11 is 0. The maximum absolute atomic E-state index is 7.83. The molecule has 2 atom stereocenters. The molecule has 1 saturated heterocycles. The summed E-state index contributed by atoms with van der Waals surface area (Å²) in [4.78, 5) is 2.36. The third-order valence-electron chi connectivity index (χ3n) is 3.51. The first-order valence-electron chi connectivity index (χ1n) is 5.61. The van der Waals surface area contributed by atoms with Crippen LogP contribution in [0.4, 0.5) is 0 Å². The molecule has 2 heteroatoms. The first-order valence-corrected chi connectivity index (χ1v) is 5.61. The van der Waals surface area contributed by atoms with Crippen molar-refractivity contribution < 1.29 is 0 Å². The molecule has 74 valence electrons. The van der Waals surface area contributed by atoms with Gasteiger partial charge in [-0.1, -0.05) is 19.8 Å². The smallest absolute Gasteiger partial charge is 0.0960 e. The van der Waals surface area contributed by atoms with E-state index in [1.807, 2.05) is 0 Å². The lowest BCUT2D eigenvalue weighted by molar-refractivity contribution is 0.216. The van der Waals surface area contributed by atoms with Crippen LogP contribution >= 0.6 is 0 Å². The third-order valence-corrected chi connectivity index (χ3v) is 3.51. The average molecular weight is 180 g/mol. The quantitative estimate of drug-likeness (QED) is 0.660. The zero-order chi connectivity index (χ0) is 9.26. The van der Waals surface area contributed by atoms with Crippen LogP contribution in [0.5, 0.6) is 0 Å². The van der Waals surface area contributed by atoms with E-state index in [0.717, 1.165) is 24.7 Å². The summed E-state index contributed by atoms with van der Waals surface area (Å²) in [7, 11) is 0. The Morgan fingerprint density at radius 2 is 2.15 bits per heavy atom. The van der Waals surface area contributed by atoms with Gasteiger partial charge in [0.05, 0.1) is 5.84 Å². The molecule has 0 amide bonds. The molecular weight excluding hydrogens is 160 g/mol. The fourth-order valence-corrected chi connectivity index (χ4v) is 2.78. The van der Waals surface area contributed by atoms with Crippen molar-refractivity contribution in [2.75, 3.05) is 6.54 Å². The summed E-state index contributed by atoms with van der Waals surface area (Å²) in [5.74, 6) is 1.78. The van der Waals surface area contributed by atoms with E-state index in [1.165, 1.54) is 32.1 Å². The Morgan fingerprint density at radius 1 is 1.31 bits per heavy atom. The summed E-state index contributed by atoms with van der Waals surface area (Å²) in [6, 6.07) is 0.707. The SMILES string of the molecule is CC1CCCC(N2CCCC2=N)C1. The Hall–Kier alpha value is -0.530. The van der Waals surface area contributed by atoms with Gasteiger partial charge in [-0.15, -0.1) is 0 Å². The lowest BCUT2D eigenvalue weighted by Gasteiger charge is -2.35. The van der Waals surface area contributed by atoms with Gasteiger partial charge in [0.2, 0.25) is 0 Å². The van der Waals surface area contributed by atoms with Gasteiger partial charge in [-0.2, -0.15) is 0 Å². The molecule has 1 N–H and O–H groups in total. The Balaban J connectivity index is 1.95. The number of nitrogens with zero attached hydrogens (tertiary/aromatic N) is 1. The molecule has 1 heterocycles. The normalized spacial score (nSPS) is 35.5. The summed E-state index contributed by atoms with van der Waals surface area (Å²) in [5.41, 5.74) is 0. The van der Waals surface area contributed by atoms with Crippen molar-refractivity contribution in [3.8, 4) is 0 Å². The Labute approximate surface area is 80.8 Å². The molecule has 0 aromatic heterocycles. The molecule has 2 unspecified atom stereocenters. The van der Waals surface area contributed by atoms with Gasteiger partial charge < -0.3 is 4.90 Å². The first-order chi connectivity index (χ1) is 6.27. The van der Waals surface area contributed by atoms with Crippen molar-refractivity contribution in [2.24, 2.45) is 5.92 Å². The third kappa shape index (κ3) is 1.87. The van der Waals surface area contributed by atoms with Crippen molar-refractivity contribution in [2.45, 2.75) is 51.5 Å². The number of nitrogens with one attached hydrogen (secondary N) is 1. The molecule has 13 heavy (non-hydrogen) atoms. The van der Waals surface area contributed by atoms with Crippen LogP contribution in [0, 0.1) is 11.3 Å². The van der Waals surface area contributed by atoms with Gasteiger partial charge >= 0.3 is 0 Å². The van der Waals surface area contributed by atoms with E-state index in [1.54, 1.807) is 0 Å². The molecule has 2 rings (SSSR count). The summed E-state index contributed by atoms with van der Waals surface area (Å²) in [6.07, 6.45) is 7.65. The minimum absolute atomic E-state index is 0.707.